The summed E-state index contributed by atoms with van der Waals surface area (Å²) in [4.78, 5) is 11.4. The summed E-state index contributed by atoms with van der Waals surface area (Å²) in [5, 5.41) is 12.1. The number of hydrogen-bond donors (Lipinski definition) is 2. The molecule has 1 atom stereocenters. The zero-order valence-electron chi connectivity index (χ0n) is 11.5. The van der Waals surface area contributed by atoms with Crippen LogP contribution in [0, 0.1) is 0 Å². The van der Waals surface area contributed by atoms with Crippen molar-refractivity contribution in [2.75, 3.05) is 18.0 Å². The third-order valence-corrected chi connectivity index (χ3v) is 5.37. The van der Waals surface area contributed by atoms with E-state index in [-0.39, 0.29) is 18.0 Å². The molecule has 1 amide bonds. The van der Waals surface area contributed by atoms with Gasteiger partial charge in [0.15, 0.2) is 0 Å². The SMILES string of the molecule is COc1ccc2cc(O)c(N3CC(=O)NS3(=O)=O)c(P)c2c1. The summed E-state index contributed by atoms with van der Waals surface area (Å²) in [6, 6.07) is 6.69. The van der Waals surface area contributed by atoms with E-state index in [9.17, 15) is 18.3 Å². The first kappa shape index (κ1) is 14.9. The maximum absolute atomic E-state index is 12.0. The average molecular weight is 340 g/mol. The highest BCUT2D eigenvalue weighted by molar-refractivity contribution is 7.92. The van der Waals surface area contributed by atoms with Gasteiger partial charge in [-0.05, 0) is 29.0 Å². The number of rotatable bonds is 2. The summed E-state index contributed by atoms with van der Waals surface area (Å²) in [7, 11) is -0.0503. The Morgan fingerprint density at radius 3 is 2.68 bits per heavy atom. The van der Waals surface area contributed by atoms with Crippen LogP contribution in [0.15, 0.2) is 24.3 Å². The van der Waals surface area contributed by atoms with Gasteiger partial charge < -0.3 is 9.84 Å². The molecule has 0 radical (unpaired) electrons. The predicted molar refractivity (Wildman–Crippen MR) is 85.9 cm³/mol. The Morgan fingerprint density at radius 2 is 2.09 bits per heavy atom. The Balaban J connectivity index is 2.28. The topological polar surface area (TPSA) is 95.9 Å². The number of aromatic hydroxyl groups is 1. The second kappa shape index (κ2) is 5.00. The number of nitrogens with zero attached hydrogens (tertiary/aromatic N) is 1. The van der Waals surface area contributed by atoms with Gasteiger partial charge in [-0.2, -0.15) is 8.42 Å². The molecule has 1 unspecified atom stereocenters. The molecule has 1 heterocycles. The van der Waals surface area contributed by atoms with Gasteiger partial charge in [-0.3, -0.25) is 4.79 Å². The number of nitrogens with one attached hydrogen (secondary N) is 1. The number of anilines is 1. The number of benzene rings is 2. The first-order valence-corrected chi connectivity index (χ1v) is 8.27. The molecule has 1 aliphatic heterocycles. The molecule has 1 fully saturated rings. The monoisotopic (exact) mass is 340 g/mol. The van der Waals surface area contributed by atoms with E-state index >= 15 is 0 Å². The molecule has 2 aromatic rings. The summed E-state index contributed by atoms with van der Waals surface area (Å²) >= 11 is 0. The van der Waals surface area contributed by atoms with Gasteiger partial charge in [-0.25, -0.2) is 9.03 Å². The second-order valence-electron chi connectivity index (χ2n) is 4.78. The quantitative estimate of drug-likeness (QED) is 0.764. The van der Waals surface area contributed by atoms with Crippen molar-refractivity contribution in [3.63, 3.8) is 0 Å². The molecule has 22 heavy (non-hydrogen) atoms. The summed E-state index contributed by atoms with van der Waals surface area (Å²) in [5.41, 5.74) is 0.0594. The number of fused-ring (bicyclic) bond motifs is 1. The van der Waals surface area contributed by atoms with Gasteiger partial charge >= 0.3 is 10.2 Å². The summed E-state index contributed by atoms with van der Waals surface area (Å²) < 4.78 is 31.9. The molecule has 1 aliphatic rings. The maximum Gasteiger partial charge on any atom is 0.326 e. The van der Waals surface area contributed by atoms with E-state index in [1.807, 2.05) is 4.72 Å². The number of carbonyl (C=O) groups is 1. The number of phenols is 1. The number of methoxy groups -OCH3 is 1. The molecule has 0 spiro atoms. The van der Waals surface area contributed by atoms with Crippen LogP contribution in [0.3, 0.4) is 0 Å². The van der Waals surface area contributed by atoms with E-state index in [2.05, 4.69) is 9.24 Å². The molecule has 2 N–H and O–H groups in total. The van der Waals surface area contributed by atoms with Gasteiger partial charge in [-0.1, -0.05) is 6.07 Å². The third-order valence-electron chi connectivity index (χ3n) is 3.41. The van der Waals surface area contributed by atoms with Gasteiger partial charge in [0.05, 0.1) is 7.11 Å². The van der Waals surface area contributed by atoms with Crippen molar-refractivity contribution >= 4 is 47.1 Å². The van der Waals surface area contributed by atoms with Crippen LogP contribution >= 0.6 is 9.24 Å². The molecular formula is C13H13N2O5PS. The molecule has 0 aliphatic carbocycles. The fourth-order valence-corrected chi connectivity index (χ4v) is 4.24. The standard InChI is InChI=1S/C13H13N2O5PS/c1-20-8-3-2-7-4-10(16)12(13(21)9(7)5-8)15-6-11(17)14-22(15,18)19/h2-5,16H,6,21H2,1H3,(H,14,17). The second-order valence-corrected chi connectivity index (χ2v) is 6.95. The molecule has 2 aromatic carbocycles. The van der Waals surface area contributed by atoms with Crippen LogP contribution in [0.5, 0.6) is 11.5 Å². The van der Waals surface area contributed by atoms with Crippen LogP contribution in [0.4, 0.5) is 5.69 Å². The van der Waals surface area contributed by atoms with E-state index in [4.69, 9.17) is 4.74 Å². The zero-order chi connectivity index (χ0) is 16.1. The Hall–Kier alpha value is -2.05. The molecule has 7 nitrogen and oxygen atoms in total. The molecule has 1 saturated heterocycles. The van der Waals surface area contributed by atoms with Gasteiger partial charge in [0.25, 0.3) is 5.91 Å². The number of hydrogen-bond acceptors (Lipinski definition) is 5. The highest BCUT2D eigenvalue weighted by atomic mass is 32.2. The lowest BCUT2D eigenvalue weighted by Gasteiger charge is -2.20. The Labute approximate surface area is 129 Å². The van der Waals surface area contributed by atoms with Crippen LogP contribution in [0.1, 0.15) is 0 Å². The van der Waals surface area contributed by atoms with E-state index in [0.717, 1.165) is 9.69 Å². The van der Waals surface area contributed by atoms with Crippen molar-refractivity contribution in [2.24, 2.45) is 0 Å². The Bertz CT molecular complexity index is 897. The minimum absolute atomic E-state index is 0.0594. The minimum Gasteiger partial charge on any atom is -0.506 e. The van der Waals surface area contributed by atoms with Crippen molar-refractivity contribution in [3.05, 3.63) is 24.3 Å². The van der Waals surface area contributed by atoms with Crippen molar-refractivity contribution < 1.29 is 23.1 Å². The average Bonchev–Trinajstić information content (AvgIpc) is 2.71. The largest absolute Gasteiger partial charge is 0.506 e. The lowest BCUT2D eigenvalue weighted by atomic mass is 10.1. The number of carbonyl (C=O) groups excluding carboxylic acids is 1. The van der Waals surface area contributed by atoms with Gasteiger partial charge in [0, 0.05) is 5.30 Å². The van der Waals surface area contributed by atoms with Crippen molar-refractivity contribution in [3.8, 4) is 11.5 Å². The predicted octanol–water partition coefficient (Wildman–Crippen LogP) is 0.235. The van der Waals surface area contributed by atoms with Crippen LogP contribution in [-0.2, 0) is 15.0 Å². The lowest BCUT2D eigenvalue weighted by molar-refractivity contribution is -0.117. The van der Waals surface area contributed by atoms with Crippen LogP contribution in [0.2, 0.25) is 0 Å². The zero-order valence-corrected chi connectivity index (χ0v) is 13.5. The number of ether oxygens (including phenoxy) is 1. The fourth-order valence-electron chi connectivity index (χ4n) is 2.41. The molecule has 3 rings (SSSR count). The Kier molecular flexibility index (Phi) is 3.38. The first-order valence-electron chi connectivity index (χ1n) is 6.26. The number of phenolic OH excluding ortho intramolecular Hbond substituents is 1. The minimum atomic E-state index is -3.99. The molecule has 0 aromatic heterocycles. The van der Waals surface area contributed by atoms with E-state index in [1.54, 1.807) is 18.2 Å². The maximum atomic E-state index is 12.0. The Morgan fingerprint density at radius 1 is 1.36 bits per heavy atom. The molecule has 0 bridgehead atoms. The number of amides is 1. The molecular weight excluding hydrogens is 327 g/mol. The third kappa shape index (κ3) is 2.24. The van der Waals surface area contributed by atoms with Gasteiger partial charge in [0.1, 0.15) is 23.7 Å². The molecule has 0 saturated carbocycles. The highest BCUT2D eigenvalue weighted by Crippen LogP contribution is 2.35. The lowest BCUT2D eigenvalue weighted by Crippen LogP contribution is -2.31. The smallest absolute Gasteiger partial charge is 0.326 e. The van der Waals surface area contributed by atoms with E-state index < -0.39 is 16.1 Å². The molecule has 116 valence electrons. The summed E-state index contributed by atoms with van der Waals surface area (Å²) in [6.45, 7) is -0.368. The van der Waals surface area contributed by atoms with Crippen LogP contribution < -0.4 is 19.1 Å². The molecule has 9 heteroatoms. The van der Waals surface area contributed by atoms with Gasteiger partial charge in [0.2, 0.25) is 0 Å². The normalized spacial score (nSPS) is 16.8. The van der Waals surface area contributed by atoms with Gasteiger partial charge in [-0.15, -0.1) is 9.24 Å². The van der Waals surface area contributed by atoms with Crippen molar-refractivity contribution in [1.82, 2.24) is 4.72 Å². The highest BCUT2D eigenvalue weighted by Gasteiger charge is 2.36. The first-order chi connectivity index (χ1) is 10.3. The van der Waals surface area contributed by atoms with Crippen LogP contribution in [-0.4, -0.2) is 33.1 Å². The van der Waals surface area contributed by atoms with E-state index in [0.29, 0.717) is 16.4 Å². The van der Waals surface area contributed by atoms with Crippen LogP contribution in [0.25, 0.3) is 10.8 Å². The van der Waals surface area contributed by atoms with Crippen molar-refractivity contribution in [2.45, 2.75) is 0 Å². The summed E-state index contributed by atoms with van der Waals surface area (Å²) in [5.74, 6) is -0.261. The summed E-state index contributed by atoms with van der Waals surface area (Å²) in [6.07, 6.45) is 0. The van der Waals surface area contributed by atoms with E-state index in [1.165, 1.54) is 13.2 Å². The fraction of sp³-hybridized carbons (Fsp3) is 0.154. The van der Waals surface area contributed by atoms with Crippen molar-refractivity contribution in [1.29, 1.82) is 0 Å².